The van der Waals surface area contributed by atoms with Gasteiger partial charge in [-0.15, -0.1) is 0 Å². The van der Waals surface area contributed by atoms with E-state index in [1.165, 1.54) is 0 Å². The van der Waals surface area contributed by atoms with E-state index in [-0.39, 0.29) is 17.0 Å². The van der Waals surface area contributed by atoms with Crippen LogP contribution in [0.4, 0.5) is 14.5 Å². The second-order valence-corrected chi connectivity index (χ2v) is 3.73. The number of Topliss-reactive ketones (excluding diaryl/α,β-unsaturated/α-hetero) is 1. The van der Waals surface area contributed by atoms with Gasteiger partial charge in [-0.25, -0.2) is 8.78 Å². The molecule has 0 spiro atoms. The van der Waals surface area contributed by atoms with Crippen LogP contribution in [0.2, 0.25) is 0 Å². The minimum absolute atomic E-state index is 0.000369. The van der Waals surface area contributed by atoms with Crippen LogP contribution in [-0.4, -0.2) is 5.78 Å². The highest BCUT2D eigenvalue weighted by Gasteiger charge is 2.13. The number of carbonyl (C=O) groups is 1. The first kappa shape index (κ1) is 12.6. The van der Waals surface area contributed by atoms with Crippen LogP contribution in [0, 0.1) is 11.6 Å². The number of hydrogen-bond acceptors (Lipinski definition) is 2. The van der Waals surface area contributed by atoms with Crippen LogP contribution in [0.5, 0.6) is 0 Å². The Labute approximate surface area is 93.5 Å². The zero-order chi connectivity index (χ0) is 12.1. The van der Waals surface area contributed by atoms with Gasteiger partial charge in [-0.2, -0.15) is 0 Å². The predicted octanol–water partition coefficient (Wildman–Crippen LogP) is 3.31. The van der Waals surface area contributed by atoms with E-state index >= 15 is 0 Å². The molecule has 2 nitrogen and oxygen atoms in total. The number of anilines is 1. The Balaban J connectivity index is 2.79. The molecule has 0 saturated carbocycles. The van der Waals surface area contributed by atoms with E-state index in [9.17, 15) is 13.6 Å². The van der Waals surface area contributed by atoms with Crippen molar-refractivity contribution < 1.29 is 13.6 Å². The molecule has 0 bridgehead atoms. The Morgan fingerprint density at radius 3 is 2.50 bits per heavy atom. The number of ketones is 1. The Kier molecular flexibility index (Phi) is 4.40. The first-order valence-electron chi connectivity index (χ1n) is 5.34. The lowest BCUT2D eigenvalue weighted by molar-refractivity contribution is 0.0979. The van der Waals surface area contributed by atoms with Gasteiger partial charge in [0.15, 0.2) is 17.4 Å². The first-order valence-corrected chi connectivity index (χ1v) is 5.34. The minimum atomic E-state index is -1.03. The molecule has 4 heteroatoms. The molecule has 2 N–H and O–H groups in total. The maximum absolute atomic E-state index is 12.9. The maximum atomic E-state index is 12.9. The smallest absolute Gasteiger partial charge is 0.165 e. The van der Waals surface area contributed by atoms with Gasteiger partial charge in [-0.1, -0.05) is 19.8 Å². The Bertz CT molecular complexity index is 391. The number of rotatable bonds is 5. The van der Waals surface area contributed by atoms with Crippen molar-refractivity contribution in [1.82, 2.24) is 0 Å². The fraction of sp³-hybridized carbons (Fsp3) is 0.417. The van der Waals surface area contributed by atoms with Crippen LogP contribution < -0.4 is 5.73 Å². The maximum Gasteiger partial charge on any atom is 0.165 e. The summed E-state index contributed by atoms with van der Waals surface area (Å²) in [4.78, 5) is 11.6. The van der Waals surface area contributed by atoms with E-state index in [4.69, 9.17) is 5.73 Å². The first-order chi connectivity index (χ1) is 7.56. The van der Waals surface area contributed by atoms with Gasteiger partial charge < -0.3 is 5.73 Å². The number of nitrogen functional groups attached to an aromatic ring is 1. The molecule has 0 unspecified atom stereocenters. The number of benzene rings is 1. The summed E-state index contributed by atoms with van der Waals surface area (Å²) in [5.74, 6) is -2.29. The molecule has 1 aromatic rings. The summed E-state index contributed by atoms with van der Waals surface area (Å²) < 4.78 is 25.7. The lowest BCUT2D eigenvalue weighted by Gasteiger charge is -2.05. The summed E-state index contributed by atoms with van der Waals surface area (Å²) in [6.45, 7) is 2.02. The van der Waals surface area contributed by atoms with Gasteiger partial charge in [0, 0.05) is 23.7 Å². The molecular formula is C12H15F2NO. The lowest BCUT2D eigenvalue weighted by atomic mass is 10.0. The summed E-state index contributed by atoms with van der Waals surface area (Å²) in [6, 6.07) is 1.72. The van der Waals surface area contributed by atoms with Crippen molar-refractivity contribution in [3.63, 3.8) is 0 Å². The van der Waals surface area contributed by atoms with Crippen LogP contribution in [-0.2, 0) is 0 Å². The zero-order valence-corrected chi connectivity index (χ0v) is 9.22. The molecule has 0 amide bonds. The largest absolute Gasteiger partial charge is 0.398 e. The van der Waals surface area contributed by atoms with Crippen molar-refractivity contribution in [2.24, 2.45) is 0 Å². The molecule has 1 aromatic carbocycles. The van der Waals surface area contributed by atoms with Gasteiger partial charge in [-0.05, 0) is 12.5 Å². The average molecular weight is 227 g/mol. The molecule has 0 aliphatic heterocycles. The second-order valence-electron chi connectivity index (χ2n) is 3.73. The number of carbonyl (C=O) groups excluding carboxylic acids is 1. The van der Waals surface area contributed by atoms with E-state index in [2.05, 4.69) is 0 Å². The monoisotopic (exact) mass is 227 g/mol. The summed E-state index contributed by atoms with van der Waals surface area (Å²) in [5, 5.41) is 0. The number of hydrogen-bond donors (Lipinski definition) is 1. The third-order valence-corrected chi connectivity index (χ3v) is 2.40. The van der Waals surface area contributed by atoms with Crippen LogP contribution in [0.1, 0.15) is 43.0 Å². The van der Waals surface area contributed by atoms with Crippen molar-refractivity contribution in [2.75, 3.05) is 5.73 Å². The van der Waals surface area contributed by atoms with Crippen LogP contribution >= 0.6 is 0 Å². The van der Waals surface area contributed by atoms with Crippen LogP contribution in [0.15, 0.2) is 12.1 Å². The molecule has 0 atom stereocenters. The normalized spacial score (nSPS) is 10.4. The average Bonchev–Trinajstić information content (AvgIpc) is 2.23. The molecule has 16 heavy (non-hydrogen) atoms. The summed E-state index contributed by atoms with van der Waals surface area (Å²) in [7, 11) is 0. The minimum Gasteiger partial charge on any atom is -0.398 e. The molecular weight excluding hydrogens is 212 g/mol. The SMILES string of the molecule is CCCCCC(=O)c1cc(F)c(F)cc1N. The molecule has 0 aromatic heterocycles. The Morgan fingerprint density at radius 1 is 1.25 bits per heavy atom. The van der Waals surface area contributed by atoms with Gasteiger partial charge in [0.05, 0.1) is 0 Å². The Morgan fingerprint density at radius 2 is 1.88 bits per heavy atom. The van der Waals surface area contributed by atoms with E-state index in [1.807, 2.05) is 6.92 Å². The van der Waals surface area contributed by atoms with E-state index in [0.717, 1.165) is 31.4 Å². The Hall–Kier alpha value is -1.45. The topological polar surface area (TPSA) is 43.1 Å². The third-order valence-electron chi connectivity index (χ3n) is 2.40. The number of halogens is 2. The quantitative estimate of drug-likeness (QED) is 0.476. The molecule has 1 rings (SSSR count). The fourth-order valence-electron chi connectivity index (χ4n) is 1.47. The zero-order valence-electron chi connectivity index (χ0n) is 9.22. The molecule has 0 heterocycles. The van der Waals surface area contributed by atoms with Crippen molar-refractivity contribution >= 4 is 11.5 Å². The van der Waals surface area contributed by atoms with E-state index in [0.29, 0.717) is 6.42 Å². The van der Waals surface area contributed by atoms with E-state index in [1.54, 1.807) is 0 Å². The van der Waals surface area contributed by atoms with E-state index < -0.39 is 11.6 Å². The van der Waals surface area contributed by atoms with Gasteiger partial charge in [-0.3, -0.25) is 4.79 Å². The van der Waals surface area contributed by atoms with Crippen molar-refractivity contribution in [1.29, 1.82) is 0 Å². The van der Waals surface area contributed by atoms with Crippen molar-refractivity contribution in [2.45, 2.75) is 32.6 Å². The number of nitrogens with two attached hydrogens (primary N) is 1. The lowest BCUT2D eigenvalue weighted by Crippen LogP contribution is -2.05. The third kappa shape index (κ3) is 3.02. The molecule has 0 radical (unpaired) electrons. The van der Waals surface area contributed by atoms with Crippen LogP contribution in [0.25, 0.3) is 0 Å². The fourth-order valence-corrected chi connectivity index (χ4v) is 1.47. The highest BCUT2D eigenvalue weighted by molar-refractivity contribution is 6.00. The van der Waals surface area contributed by atoms with Crippen molar-refractivity contribution in [3.05, 3.63) is 29.3 Å². The molecule has 0 saturated heterocycles. The molecule has 0 fully saturated rings. The van der Waals surface area contributed by atoms with Gasteiger partial charge in [0.1, 0.15) is 0 Å². The highest BCUT2D eigenvalue weighted by atomic mass is 19.2. The van der Waals surface area contributed by atoms with Crippen molar-refractivity contribution in [3.8, 4) is 0 Å². The highest BCUT2D eigenvalue weighted by Crippen LogP contribution is 2.19. The van der Waals surface area contributed by atoms with Crippen LogP contribution in [0.3, 0.4) is 0 Å². The molecule has 0 aliphatic carbocycles. The second kappa shape index (κ2) is 5.58. The standard InChI is InChI=1S/C12H15F2NO/c1-2-3-4-5-12(16)8-6-9(13)10(14)7-11(8)15/h6-7H,2-5,15H2,1H3. The van der Waals surface area contributed by atoms with Gasteiger partial charge in [0.2, 0.25) is 0 Å². The van der Waals surface area contributed by atoms with Gasteiger partial charge >= 0.3 is 0 Å². The summed E-state index contributed by atoms with van der Waals surface area (Å²) >= 11 is 0. The van der Waals surface area contributed by atoms with Gasteiger partial charge in [0.25, 0.3) is 0 Å². The summed E-state index contributed by atoms with van der Waals surface area (Å²) in [5.41, 5.74) is 5.55. The predicted molar refractivity (Wildman–Crippen MR) is 59.2 cm³/mol. The molecule has 0 aliphatic rings. The summed E-state index contributed by atoms with van der Waals surface area (Å²) in [6.07, 6.45) is 3.01. The number of unbranched alkanes of at least 4 members (excludes halogenated alkanes) is 2. The molecule has 88 valence electrons.